The van der Waals surface area contributed by atoms with Gasteiger partial charge in [0.25, 0.3) is 0 Å². The molecule has 0 atom stereocenters. The van der Waals surface area contributed by atoms with Gasteiger partial charge in [-0.2, -0.15) is 5.10 Å². The van der Waals surface area contributed by atoms with E-state index in [2.05, 4.69) is 26.3 Å². The lowest BCUT2D eigenvalue weighted by Gasteiger charge is -2.05. The molecule has 0 spiro atoms. The van der Waals surface area contributed by atoms with Crippen molar-refractivity contribution in [1.29, 1.82) is 0 Å². The second-order valence-corrected chi connectivity index (χ2v) is 4.45. The van der Waals surface area contributed by atoms with Crippen molar-refractivity contribution in [2.45, 2.75) is 6.54 Å². The Morgan fingerprint density at radius 2 is 2.35 bits per heavy atom. The van der Waals surface area contributed by atoms with Crippen LogP contribution in [0.1, 0.15) is 0 Å². The molecule has 0 aliphatic rings. The zero-order valence-corrected chi connectivity index (χ0v) is 10.5. The normalized spacial score (nSPS) is 10.2. The van der Waals surface area contributed by atoms with Gasteiger partial charge in [0.2, 0.25) is 5.91 Å². The third-order valence-electron chi connectivity index (χ3n) is 2.08. The fraction of sp³-hybridized carbons (Fsp3) is 0.0909. The van der Waals surface area contributed by atoms with E-state index in [0.717, 1.165) is 4.47 Å². The number of rotatable bonds is 3. The Labute approximate surface area is 107 Å². The average Bonchev–Trinajstić information content (AvgIpc) is 2.63. The molecule has 0 aliphatic heterocycles. The number of carbonyl (C=O) groups excluding carboxylic acids is 1. The van der Waals surface area contributed by atoms with Crippen molar-refractivity contribution in [2.75, 3.05) is 11.1 Å². The Morgan fingerprint density at radius 1 is 1.53 bits per heavy atom. The predicted octanol–water partition coefficient (Wildman–Crippen LogP) is 1.87. The first-order valence-electron chi connectivity index (χ1n) is 4.97. The van der Waals surface area contributed by atoms with Crippen molar-refractivity contribution in [3.63, 3.8) is 0 Å². The van der Waals surface area contributed by atoms with Crippen LogP contribution in [0.5, 0.6) is 0 Å². The number of nitrogens with one attached hydrogen (secondary N) is 1. The number of anilines is 2. The maximum Gasteiger partial charge on any atom is 0.246 e. The third-order valence-corrected chi connectivity index (χ3v) is 2.49. The lowest BCUT2D eigenvalue weighted by Crippen LogP contribution is -2.18. The molecule has 0 unspecified atom stereocenters. The van der Waals surface area contributed by atoms with Gasteiger partial charge >= 0.3 is 0 Å². The molecule has 6 heteroatoms. The van der Waals surface area contributed by atoms with E-state index in [9.17, 15) is 4.79 Å². The van der Waals surface area contributed by atoms with E-state index in [-0.39, 0.29) is 12.5 Å². The van der Waals surface area contributed by atoms with Gasteiger partial charge in [0.05, 0.1) is 10.7 Å². The minimum absolute atomic E-state index is 0.147. The number of nitrogen functional groups attached to an aromatic ring is 1. The first-order valence-corrected chi connectivity index (χ1v) is 5.76. The minimum atomic E-state index is -0.147. The van der Waals surface area contributed by atoms with Crippen LogP contribution in [0.3, 0.4) is 0 Å². The molecule has 0 saturated heterocycles. The van der Waals surface area contributed by atoms with Gasteiger partial charge in [-0.15, -0.1) is 0 Å². The highest BCUT2D eigenvalue weighted by molar-refractivity contribution is 9.10. The fourth-order valence-corrected chi connectivity index (χ4v) is 1.72. The molecule has 17 heavy (non-hydrogen) atoms. The lowest BCUT2D eigenvalue weighted by molar-refractivity contribution is -0.116. The molecule has 5 nitrogen and oxygen atoms in total. The Hall–Kier alpha value is -1.82. The lowest BCUT2D eigenvalue weighted by atomic mass is 10.3. The number of amides is 1. The zero-order valence-electron chi connectivity index (χ0n) is 8.93. The molecule has 1 amide bonds. The highest BCUT2D eigenvalue weighted by Gasteiger charge is 2.04. The van der Waals surface area contributed by atoms with Crippen LogP contribution in [0.15, 0.2) is 41.1 Å². The van der Waals surface area contributed by atoms with E-state index in [0.29, 0.717) is 11.4 Å². The quantitative estimate of drug-likeness (QED) is 0.849. The maximum absolute atomic E-state index is 11.7. The minimum Gasteiger partial charge on any atom is -0.399 e. The summed E-state index contributed by atoms with van der Waals surface area (Å²) in [5.74, 6) is -0.147. The van der Waals surface area contributed by atoms with E-state index in [1.165, 1.54) is 0 Å². The second-order valence-electron chi connectivity index (χ2n) is 3.53. The van der Waals surface area contributed by atoms with Gasteiger partial charge in [0.1, 0.15) is 6.54 Å². The molecule has 0 saturated carbocycles. The van der Waals surface area contributed by atoms with Crippen LogP contribution in [0.2, 0.25) is 0 Å². The van der Waals surface area contributed by atoms with Crippen molar-refractivity contribution in [2.24, 2.45) is 0 Å². The molecule has 2 rings (SSSR count). The van der Waals surface area contributed by atoms with Gasteiger partial charge in [-0.1, -0.05) is 6.07 Å². The first-order chi connectivity index (χ1) is 8.13. The summed E-state index contributed by atoms with van der Waals surface area (Å²) in [4.78, 5) is 11.7. The molecule has 1 heterocycles. The monoisotopic (exact) mass is 294 g/mol. The van der Waals surface area contributed by atoms with Gasteiger partial charge in [-0.3, -0.25) is 9.48 Å². The van der Waals surface area contributed by atoms with E-state index in [4.69, 9.17) is 5.73 Å². The molecule has 3 N–H and O–H groups in total. The van der Waals surface area contributed by atoms with Crippen LogP contribution in [0.25, 0.3) is 0 Å². The maximum atomic E-state index is 11.7. The van der Waals surface area contributed by atoms with Crippen LogP contribution in [-0.4, -0.2) is 15.7 Å². The number of hydrogen-bond donors (Lipinski definition) is 2. The molecule has 0 fully saturated rings. The summed E-state index contributed by atoms with van der Waals surface area (Å²) in [5.41, 5.74) is 6.91. The van der Waals surface area contributed by atoms with Crippen LogP contribution in [0.4, 0.5) is 11.4 Å². The summed E-state index contributed by atoms with van der Waals surface area (Å²) in [6.07, 6.45) is 3.37. The molecule has 0 aliphatic carbocycles. The first kappa shape index (κ1) is 11.7. The van der Waals surface area contributed by atoms with Crippen molar-refractivity contribution >= 4 is 33.2 Å². The van der Waals surface area contributed by atoms with E-state index in [1.807, 2.05) is 0 Å². The molecule has 0 radical (unpaired) electrons. The summed E-state index contributed by atoms with van der Waals surface area (Å²) in [7, 11) is 0. The standard InChI is InChI=1S/C11H11BrN4O/c12-8-5-14-16(6-8)7-11(17)15-10-3-1-2-9(13)4-10/h1-6H,7,13H2,(H,15,17). The molecule has 0 bridgehead atoms. The highest BCUT2D eigenvalue weighted by Crippen LogP contribution is 2.12. The summed E-state index contributed by atoms with van der Waals surface area (Å²) < 4.78 is 2.39. The molecule has 1 aromatic carbocycles. The Bertz CT molecular complexity index is 538. The van der Waals surface area contributed by atoms with E-state index >= 15 is 0 Å². The summed E-state index contributed by atoms with van der Waals surface area (Å²) >= 11 is 3.27. The SMILES string of the molecule is Nc1cccc(NC(=O)Cn2cc(Br)cn2)c1. The van der Waals surface area contributed by atoms with Crippen molar-refractivity contribution in [1.82, 2.24) is 9.78 Å². The number of halogens is 1. The number of hydrogen-bond acceptors (Lipinski definition) is 3. The molecular formula is C11H11BrN4O. The topological polar surface area (TPSA) is 72.9 Å². The number of aromatic nitrogens is 2. The highest BCUT2D eigenvalue weighted by atomic mass is 79.9. The fourth-order valence-electron chi connectivity index (χ4n) is 1.39. The van der Waals surface area contributed by atoms with Crippen molar-refractivity contribution in [3.8, 4) is 0 Å². The molecule has 2 aromatic rings. The van der Waals surface area contributed by atoms with Crippen LogP contribution < -0.4 is 11.1 Å². The molecule has 1 aromatic heterocycles. The molecule has 88 valence electrons. The molecular weight excluding hydrogens is 284 g/mol. The van der Waals surface area contributed by atoms with Crippen molar-refractivity contribution < 1.29 is 4.79 Å². The van der Waals surface area contributed by atoms with Crippen LogP contribution in [0, 0.1) is 0 Å². The van der Waals surface area contributed by atoms with Gasteiger partial charge in [-0.25, -0.2) is 0 Å². The van der Waals surface area contributed by atoms with Crippen LogP contribution >= 0.6 is 15.9 Å². The Morgan fingerprint density at radius 3 is 3.00 bits per heavy atom. The van der Waals surface area contributed by atoms with Crippen molar-refractivity contribution in [3.05, 3.63) is 41.1 Å². The van der Waals surface area contributed by atoms with Gasteiger partial charge < -0.3 is 11.1 Å². The van der Waals surface area contributed by atoms with Gasteiger partial charge in [-0.05, 0) is 34.1 Å². The second kappa shape index (κ2) is 5.01. The smallest absolute Gasteiger partial charge is 0.246 e. The van der Waals surface area contributed by atoms with E-state index < -0.39 is 0 Å². The van der Waals surface area contributed by atoms with Crippen LogP contribution in [-0.2, 0) is 11.3 Å². The summed E-state index contributed by atoms with van der Waals surface area (Å²) in [6, 6.07) is 7.04. The Balaban J connectivity index is 1.98. The largest absolute Gasteiger partial charge is 0.399 e. The predicted molar refractivity (Wildman–Crippen MR) is 69.4 cm³/mol. The number of nitrogens with zero attached hydrogens (tertiary/aromatic N) is 2. The number of benzene rings is 1. The number of carbonyl (C=O) groups is 1. The van der Waals surface area contributed by atoms with Gasteiger partial charge in [0.15, 0.2) is 0 Å². The zero-order chi connectivity index (χ0) is 12.3. The summed E-state index contributed by atoms with van der Waals surface area (Å²) in [6.45, 7) is 0.167. The summed E-state index contributed by atoms with van der Waals surface area (Å²) in [5, 5.41) is 6.74. The van der Waals surface area contributed by atoms with Gasteiger partial charge in [0, 0.05) is 17.6 Å². The van der Waals surface area contributed by atoms with E-state index in [1.54, 1.807) is 41.3 Å². The Kier molecular flexibility index (Phi) is 3.43. The number of nitrogens with two attached hydrogens (primary N) is 1. The average molecular weight is 295 g/mol. The third kappa shape index (κ3) is 3.32.